The fraction of sp³-hybridized carbons (Fsp3) is 0.538. The maximum absolute atomic E-state index is 9.73. The van der Waals surface area contributed by atoms with E-state index in [0.717, 1.165) is 18.6 Å². The van der Waals surface area contributed by atoms with Crippen LogP contribution in [0.2, 0.25) is 0 Å². The second-order valence-corrected chi connectivity index (χ2v) is 4.60. The minimum absolute atomic E-state index is 0.131. The monoisotopic (exact) mass is 237 g/mol. The van der Waals surface area contributed by atoms with Crippen molar-refractivity contribution in [2.24, 2.45) is 0 Å². The molecule has 4 heteroatoms. The molecule has 1 unspecified atom stereocenters. The quantitative estimate of drug-likeness (QED) is 0.648. The molecule has 0 saturated heterocycles. The predicted molar refractivity (Wildman–Crippen MR) is 65.0 cm³/mol. The molecule has 0 spiro atoms. The van der Waals surface area contributed by atoms with Gasteiger partial charge >= 0.3 is 0 Å². The van der Waals surface area contributed by atoms with Crippen molar-refractivity contribution in [3.63, 3.8) is 0 Å². The summed E-state index contributed by atoms with van der Waals surface area (Å²) in [6.07, 6.45) is 1.41. The molecule has 4 nitrogen and oxygen atoms in total. The van der Waals surface area contributed by atoms with Gasteiger partial charge in [-0.25, -0.2) is 0 Å². The Hall–Kier alpha value is -1.10. The Bertz CT molecular complexity index is 338. The molecule has 0 radical (unpaired) electrons. The summed E-state index contributed by atoms with van der Waals surface area (Å²) < 4.78 is 5.43. The SMILES string of the molecule is OCC1(NCC(O)COc2ccccc2)CC1. The van der Waals surface area contributed by atoms with Gasteiger partial charge in [-0.3, -0.25) is 0 Å². The molecular formula is C13H19NO3. The van der Waals surface area contributed by atoms with Crippen LogP contribution in [-0.4, -0.2) is 41.6 Å². The van der Waals surface area contributed by atoms with E-state index in [0.29, 0.717) is 6.54 Å². The van der Waals surface area contributed by atoms with Gasteiger partial charge in [0.25, 0.3) is 0 Å². The van der Waals surface area contributed by atoms with Crippen molar-refractivity contribution >= 4 is 0 Å². The Labute approximate surface area is 101 Å². The van der Waals surface area contributed by atoms with Crippen molar-refractivity contribution in [1.82, 2.24) is 5.32 Å². The van der Waals surface area contributed by atoms with E-state index < -0.39 is 6.10 Å². The maximum Gasteiger partial charge on any atom is 0.119 e. The van der Waals surface area contributed by atoms with Gasteiger partial charge in [0.05, 0.1) is 6.61 Å². The Balaban J connectivity index is 1.66. The maximum atomic E-state index is 9.73. The number of benzene rings is 1. The first-order chi connectivity index (χ1) is 8.24. The average molecular weight is 237 g/mol. The topological polar surface area (TPSA) is 61.7 Å². The van der Waals surface area contributed by atoms with E-state index in [1.165, 1.54) is 0 Å². The van der Waals surface area contributed by atoms with Gasteiger partial charge in [0, 0.05) is 12.1 Å². The Morgan fingerprint density at radius 1 is 1.29 bits per heavy atom. The van der Waals surface area contributed by atoms with Gasteiger partial charge in [0.1, 0.15) is 18.5 Å². The molecule has 0 aliphatic heterocycles. The third kappa shape index (κ3) is 3.70. The van der Waals surface area contributed by atoms with Crippen molar-refractivity contribution in [2.45, 2.75) is 24.5 Å². The highest BCUT2D eigenvalue weighted by molar-refractivity contribution is 5.20. The van der Waals surface area contributed by atoms with Gasteiger partial charge in [-0.1, -0.05) is 18.2 Å². The fourth-order valence-electron chi connectivity index (χ4n) is 1.64. The molecule has 1 fully saturated rings. The first kappa shape index (κ1) is 12.4. The van der Waals surface area contributed by atoms with Crippen LogP contribution < -0.4 is 10.1 Å². The van der Waals surface area contributed by atoms with Gasteiger partial charge in [-0.05, 0) is 25.0 Å². The number of ether oxygens (including phenoxy) is 1. The van der Waals surface area contributed by atoms with E-state index in [2.05, 4.69) is 5.32 Å². The van der Waals surface area contributed by atoms with Crippen molar-refractivity contribution < 1.29 is 14.9 Å². The van der Waals surface area contributed by atoms with Gasteiger partial charge in [-0.15, -0.1) is 0 Å². The summed E-state index contributed by atoms with van der Waals surface area (Å²) in [7, 11) is 0. The van der Waals surface area contributed by atoms with Crippen LogP contribution in [0.3, 0.4) is 0 Å². The van der Waals surface area contributed by atoms with Crippen LogP contribution in [0.5, 0.6) is 5.75 Å². The summed E-state index contributed by atoms with van der Waals surface area (Å²) in [5.74, 6) is 0.759. The van der Waals surface area contributed by atoms with Crippen LogP contribution in [0.4, 0.5) is 0 Å². The molecule has 1 aliphatic carbocycles. The number of hydrogen-bond donors (Lipinski definition) is 3. The molecular weight excluding hydrogens is 218 g/mol. The summed E-state index contributed by atoms with van der Waals surface area (Å²) in [6.45, 7) is 0.852. The molecule has 0 amide bonds. The standard InChI is InChI=1S/C13H19NO3/c15-10-13(6-7-13)14-8-11(16)9-17-12-4-2-1-3-5-12/h1-5,11,14-16H,6-10H2. The molecule has 1 aliphatic rings. The number of hydrogen-bond acceptors (Lipinski definition) is 4. The van der Waals surface area contributed by atoms with Gasteiger partial charge in [0.2, 0.25) is 0 Å². The predicted octanol–water partition coefficient (Wildman–Crippen LogP) is 0.541. The lowest BCUT2D eigenvalue weighted by Gasteiger charge is -2.18. The molecule has 1 aromatic carbocycles. The lowest BCUT2D eigenvalue weighted by Crippen LogP contribution is -2.41. The molecule has 0 bridgehead atoms. The van der Waals surface area contributed by atoms with Gasteiger partial charge in [-0.2, -0.15) is 0 Å². The molecule has 94 valence electrons. The zero-order chi connectivity index (χ0) is 12.1. The van der Waals surface area contributed by atoms with Gasteiger partial charge in [0.15, 0.2) is 0 Å². The van der Waals surface area contributed by atoms with Crippen molar-refractivity contribution in [1.29, 1.82) is 0 Å². The van der Waals surface area contributed by atoms with Crippen molar-refractivity contribution in [3.05, 3.63) is 30.3 Å². The summed E-state index contributed by atoms with van der Waals surface area (Å²) in [5.41, 5.74) is -0.131. The second-order valence-electron chi connectivity index (χ2n) is 4.60. The van der Waals surface area contributed by atoms with Crippen LogP contribution in [0, 0.1) is 0 Å². The zero-order valence-corrected chi connectivity index (χ0v) is 9.80. The summed E-state index contributed by atoms with van der Waals surface area (Å²) in [4.78, 5) is 0. The number of para-hydroxylation sites is 1. The average Bonchev–Trinajstić information content (AvgIpc) is 3.16. The Morgan fingerprint density at radius 2 is 2.00 bits per heavy atom. The molecule has 2 rings (SSSR count). The van der Waals surface area contributed by atoms with Crippen LogP contribution in [0.25, 0.3) is 0 Å². The van der Waals surface area contributed by atoms with E-state index >= 15 is 0 Å². The number of rotatable bonds is 7. The third-order valence-electron chi connectivity index (χ3n) is 3.05. The number of β-amino-alcohol motifs (C(OH)–C–C–N with tert-alkyl or cyclic N) is 1. The third-order valence-corrected chi connectivity index (χ3v) is 3.05. The van der Waals surface area contributed by atoms with E-state index in [-0.39, 0.29) is 18.8 Å². The highest BCUT2D eigenvalue weighted by atomic mass is 16.5. The lowest BCUT2D eigenvalue weighted by atomic mass is 10.2. The molecule has 1 atom stereocenters. The highest BCUT2D eigenvalue weighted by Crippen LogP contribution is 2.34. The normalized spacial score (nSPS) is 18.7. The molecule has 1 saturated carbocycles. The minimum Gasteiger partial charge on any atom is -0.491 e. The van der Waals surface area contributed by atoms with E-state index in [1.807, 2.05) is 30.3 Å². The van der Waals surface area contributed by atoms with Crippen LogP contribution >= 0.6 is 0 Å². The summed E-state index contributed by atoms with van der Waals surface area (Å²) in [6, 6.07) is 9.42. The van der Waals surface area contributed by atoms with Crippen LogP contribution in [0.1, 0.15) is 12.8 Å². The smallest absolute Gasteiger partial charge is 0.119 e. The van der Waals surface area contributed by atoms with E-state index in [9.17, 15) is 5.11 Å². The molecule has 3 N–H and O–H groups in total. The van der Waals surface area contributed by atoms with Crippen molar-refractivity contribution in [3.8, 4) is 5.75 Å². The van der Waals surface area contributed by atoms with Crippen LogP contribution in [-0.2, 0) is 0 Å². The molecule has 0 aromatic heterocycles. The van der Waals surface area contributed by atoms with E-state index in [4.69, 9.17) is 9.84 Å². The Kier molecular flexibility index (Phi) is 3.99. The van der Waals surface area contributed by atoms with E-state index in [1.54, 1.807) is 0 Å². The highest BCUT2D eigenvalue weighted by Gasteiger charge is 2.41. The Morgan fingerprint density at radius 3 is 2.59 bits per heavy atom. The zero-order valence-electron chi connectivity index (χ0n) is 9.80. The summed E-state index contributed by atoms with van der Waals surface area (Å²) in [5, 5.41) is 22.0. The minimum atomic E-state index is -0.556. The summed E-state index contributed by atoms with van der Waals surface area (Å²) >= 11 is 0. The van der Waals surface area contributed by atoms with Gasteiger partial charge < -0.3 is 20.3 Å². The van der Waals surface area contributed by atoms with Crippen LogP contribution in [0.15, 0.2) is 30.3 Å². The van der Waals surface area contributed by atoms with Crippen molar-refractivity contribution in [2.75, 3.05) is 19.8 Å². The molecule has 1 aromatic rings. The fourth-order valence-corrected chi connectivity index (χ4v) is 1.64. The number of aliphatic hydroxyl groups is 2. The molecule has 17 heavy (non-hydrogen) atoms. The number of nitrogens with one attached hydrogen (secondary N) is 1. The first-order valence-corrected chi connectivity index (χ1v) is 5.96. The number of aliphatic hydroxyl groups excluding tert-OH is 2. The lowest BCUT2D eigenvalue weighted by molar-refractivity contribution is 0.0979. The molecule has 0 heterocycles. The second kappa shape index (κ2) is 5.49. The largest absolute Gasteiger partial charge is 0.491 e. The first-order valence-electron chi connectivity index (χ1n) is 5.96.